The van der Waals surface area contributed by atoms with Crippen molar-refractivity contribution in [2.24, 2.45) is 0 Å². The first kappa shape index (κ1) is 11.6. The van der Waals surface area contributed by atoms with Crippen LogP contribution < -0.4 is 10.6 Å². The summed E-state index contributed by atoms with van der Waals surface area (Å²) in [6, 6.07) is 7.48. The Labute approximate surface area is 113 Å². The number of fused-ring (bicyclic) bond motifs is 1. The van der Waals surface area contributed by atoms with E-state index in [1.54, 1.807) is 6.20 Å². The molecule has 1 aromatic heterocycles. The van der Waals surface area contributed by atoms with E-state index in [-0.39, 0.29) is 11.9 Å². The number of nitrogens with zero attached hydrogens (tertiary/aromatic N) is 1. The lowest BCUT2D eigenvalue weighted by Gasteiger charge is -2.24. The lowest BCUT2D eigenvalue weighted by Crippen LogP contribution is -2.47. The van der Waals surface area contributed by atoms with Gasteiger partial charge in [-0.3, -0.25) is 9.78 Å². The summed E-state index contributed by atoms with van der Waals surface area (Å²) in [6.07, 6.45) is 1.75. The summed E-state index contributed by atoms with van der Waals surface area (Å²) in [5.74, 6) is 0.00975. The van der Waals surface area contributed by atoms with E-state index in [1.165, 1.54) is 0 Å². The molecule has 1 aliphatic heterocycles. The number of rotatable bonds is 1. The molecule has 1 aromatic carbocycles. The van der Waals surface area contributed by atoms with Crippen LogP contribution in [0.2, 0.25) is 0 Å². The predicted octanol–water partition coefficient (Wildman–Crippen LogP) is 1.76. The molecule has 2 aromatic rings. The van der Waals surface area contributed by atoms with Crippen molar-refractivity contribution in [3.63, 3.8) is 0 Å². The lowest BCUT2D eigenvalue weighted by atomic mass is 10.0. The molecule has 1 fully saturated rings. The molecule has 18 heavy (non-hydrogen) atoms. The summed E-state index contributed by atoms with van der Waals surface area (Å²) in [5, 5.41) is 7.12. The number of hydrogen-bond acceptors (Lipinski definition) is 3. The number of halogens is 1. The van der Waals surface area contributed by atoms with Gasteiger partial charge in [0, 0.05) is 34.7 Å². The predicted molar refractivity (Wildman–Crippen MR) is 73.2 cm³/mol. The Balaban J connectivity index is 2.17. The number of hydrogen-bond donors (Lipinski definition) is 2. The molecule has 2 N–H and O–H groups in total. The van der Waals surface area contributed by atoms with Crippen LogP contribution in [0.4, 0.5) is 0 Å². The Hall–Kier alpha value is -1.46. The average Bonchev–Trinajstić information content (AvgIpc) is 2.41. The van der Waals surface area contributed by atoms with E-state index in [4.69, 9.17) is 0 Å². The molecule has 92 valence electrons. The first-order chi connectivity index (χ1) is 8.77. The van der Waals surface area contributed by atoms with E-state index in [1.807, 2.05) is 24.3 Å². The zero-order valence-corrected chi connectivity index (χ0v) is 11.2. The van der Waals surface area contributed by atoms with Gasteiger partial charge in [0.05, 0.1) is 5.52 Å². The third kappa shape index (κ3) is 1.89. The van der Waals surface area contributed by atoms with Crippen molar-refractivity contribution in [2.45, 2.75) is 6.04 Å². The zero-order chi connectivity index (χ0) is 12.5. The first-order valence-corrected chi connectivity index (χ1v) is 6.61. The second kappa shape index (κ2) is 4.66. The number of benzene rings is 1. The third-order valence-corrected chi connectivity index (χ3v) is 3.79. The van der Waals surface area contributed by atoms with Gasteiger partial charge in [0.1, 0.15) is 6.04 Å². The van der Waals surface area contributed by atoms with Gasteiger partial charge in [0.2, 0.25) is 5.91 Å². The van der Waals surface area contributed by atoms with E-state index >= 15 is 0 Å². The molecule has 5 heteroatoms. The van der Waals surface area contributed by atoms with Crippen molar-refractivity contribution >= 4 is 32.7 Å². The van der Waals surface area contributed by atoms with Crippen molar-refractivity contribution in [3.8, 4) is 0 Å². The van der Waals surface area contributed by atoms with Gasteiger partial charge in [-0.25, -0.2) is 0 Å². The van der Waals surface area contributed by atoms with Gasteiger partial charge in [-0.1, -0.05) is 28.1 Å². The van der Waals surface area contributed by atoms with Gasteiger partial charge in [-0.15, -0.1) is 0 Å². The molecule has 3 rings (SSSR count). The highest BCUT2D eigenvalue weighted by Gasteiger charge is 2.25. The molecule has 1 aliphatic rings. The number of piperazine rings is 1. The molecule has 2 heterocycles. The fourth-order valence-electron chi connectivity index (χ4n) is 2.24. The summed E-state index contributed by atoms with van der Waals surface area (Å²) in [4.78, 5) is 16.3. The fraction of sp³-hybridized carbons (Fsp3) is 0.231. The monoisotopic (exact) mass is 305 g/mol. The molecule has 0 bridgehead atoms. The molecule has 1 unspecified atom stereocenters. The molecule has 0 aliphatic carbocycles. The van der Waals surface area contributed by atoms with Crippen LogP contribution >= 0.6 is 15.9 Å². The SMILES string of the molecule is O=C1NCCNC1c1ccc(Br)c2cccnc12. The smallest absolute Gasteiger partial charge is 0.241 e. The first-order valence-electron chi connectivity index (χ1n) is 5.81. The van der Waals surface area contributed by atoms with E-state index in [0.29, 0.717) is 6.54 Å². The quantitative estimate of drug-likeness (QED) is 0.844. The zero-order valence-electron chi connectivity index (χ0n) is 9.61. The Morgan fingerprint density at radius 2 is 2.17 bits per heavy atom. The van der Waals surface area contributed by atoms with Gasteiger partial charge in [-0.05, 0) is 12.1 Å². The molecule has 0 saturated carbocycles. The van der Waals surface area contributed by atoms with Crippen LogP contribution in [0.25, 0.3) is 10.9 Å². The highest BCUT2D eigenvalue weighted by molar-refractivity contribution is 9.10. The Bertz CT molecular complexity index is 614. The van der Waals surface area contributed by atoms with E-state index < -0.39 is 0 Å². The van der Waals surface area contributed by atoms with Gasteiger partial charge < -0.3 is 10.6 Å². The van der Waals surface area contributed by atoms with Crippen LogP contribution in [0.3, 0.4) is 0 Å². The molecule has 0 spiro atoms. The van der Waals surface area contributed by atoms with Crippen LogP contribution in [0.1, 0.15) is 11.6 Å². The molecule has 1 amide bonds. The molecule has 4 nitrogen and oxygen atoms in total. The van der Waals surface area contributed by atoms with Crippen LogP contribution in [-0.4, -0.2) is 24.0 Å². The molecule has 1 saturated heterocycles. The number of nitrogens with one attached hydrogen (secondary N) is 2. The van der Waals surface area contributed by atoms with Gasteiger partial charge >= 0.3 is 0 Å². The summed E-state index contributed by atoms with van der Waals surface area (Å²) < 4.78 is 0.991. The molecular weight excluding hydrogens is 294 g/mol. The standard InChI is InChI=1S/C13H12BrN3O/c14-10-4-3-9(11-8(10)2-1-5-15-11)12-13(18)17-7-6-16-12/h1-5,12,16H,6-7H2,(H,17,18). The minimum Gasteiger partial charge on any atom is -0.353 e. The maximum Gasteiger partial charge on any atom is 0.241 e. The number of carbonyl (C=O) groups is 1. The Morgan fingerprint density at radius 1 is 1.28 bits per heavy atom. The van der Waals surface area contributed by atoms with Crippen LogP contribution in [0, 0.1) is 0 Å². The number of carbonyl (C=O) groups excluding carboxylic acids is 1. The second-order valence-electron chi connectivity index (χ2n) is 4.21. The van der Waals surface area contributed by atoms with Gasteiger partial charge in [0.15, 0.2) is 0 Å². The average molecular weight is 306 g/mol. The summed E-state index contributed by atoms with van der Waals surface area (Å²) in [5.41, 5.74) is 1.78. The number of amides is 1. The van der Waals surface area contributed by atoms with E-state index in [9.17, 15) is 4.79 Å². The topological polar surface area (TPSA) is 54.0 Å². The molecule has 0 radical (unpaired) electrons. The summed E-state index contributed by atoms with van der Waals surface area (Å²) in [6.45, 7) is 1.46. The van der Waals surface area contributed by atoms with Crippen molar-refractivity contribution in [3.05, 3.63) is 40.5 Å². The molecular formula is C13H12BrN3O. The van der Waals surface area contributed by atoms with Crippen molar-refractivity contribution in [2.75, 3.05) is 13.1 Å². The maximum absolute atomic E-state index is 11.9. The van der Waals surface area contributed by atoms with Crippen LogP contribution in [0.15, 0.2) is 34.9 Å². The minimum atomic E-state index is -0.316. The summed E-state index contributed by atoms with van der Waals surface area (Å²) >= 11 is 3.51. The Kier molecular flexibility index (Phi) is 3.01. The highest BCUT2D eigenvalue weighted by atomic mass is 79.9. The van der Waals surface area contributed by atoms with Gasteiger partial charge in [0.25, 0.3) is 0 Å². The van der Waals surface area contributed by atoms with Gasteiger partial charge in [-0.2, -0.15) is 0 Å². The Morgan fingerprint density at radius 3 is 3.00 bits per heavy atom. The fourth-order valence-corrected chi connectivity index (χ4v) is 2.69. The van der Waals surface area contributed by atoms with Crippen molar-refractivity contribution in [1.29, 1.82) is 0 Å². The normalized spacial score (nSPS) is 19.8. The van der Waals surface area contributed by atoms with Crippen LogP contribution in [-0.2, 0) is 4.79 Å². The minimum absolute atomic E-state index is 0.00975. The maximum atomic E-state index is 11.9. The van der Waals surface area contributed by atoms with Crippen molar-refractivity contribution < 1.29 is 4.79 Å². The molecule has 1 atom stereocenters. The highest BCUT2D eigenvalue weighted by Crippen LogP contribution is 2.29. The second-order valence-corrected chi connectivity index (χ2v) is 5.07. The van der Waals surface area contributed by atoms with Crippen LogP contribution in [0.5, 0.6) is 0 Å². The van der Waals surface area contributed by atoms with E-state index in [2.05, 4.69) is 31.5 Å². The third-order valence-electron chi connectivity index (χ3n) is 3.09. The number of pyridine rings is 1. The largest absolute Gasteiger partial charge is 0.353 e. The van der Waals surface area contributed by atoms with Crippen molar-refractivity contribution in [1.82, 2.24) is 15.6 Å². The lowest BCUT2D eigenvalue weighted by molar-refractivity contribution is -0.124. The van der Waals surface area contributed by atoms with E-state index in [0.717, 1.165) is 27.5 Å². The summed E-state index contributed by atoms with van der Waals surface area (Å²) in [7, 11) is 0. The number of aromatic nitrogens is 1.